The fourth-order valence-corrected chi connectivity index (χ4v) is 2.12. The van der Waals surface area contributed by atoms with E-state index in [1.54, 1.807) is 0 Å². The maximum absolute atomic E-state index is 12.8. The Morgan fingerprint density at radius 2 is 1.58 bits per heavy atom. The van der Waals surface area contributed by atoms with Crippen LogP contribution in [-0.4, -0.2) is 12.0 Å². The summed E-state index contributed by atoms with van der Waals surface area (Å²) < 4.78 is 25.5. The molecule has 0 amide bonds. The zero-order chi connectivity index (χ0) is 8.11. The monoisotopic (exact) mass is 197 g/mol. The Morgan fingerprint density at radius 1 is 1.17 bits per heavy atom. The van der Waals surface area contributed by atoms with Crippen molar-refractivity contribution in [3.8, 4) is 0 Å². The molecule has 4 heteroatoms. The second-order valence-corrected chi connectivity index (χ2v) is 4.00. The van der Waals surface area contributed by atoms with Crippen LogP contribution >= 0.6 is 12.4 Å². The summed E-state index contributed by atoms with van der Waals surface area (Å²) >= 11 is 0. The molecule has 2 aliphatic rings. The minimum atomic E-state index is -2.35. The van der Waals surface area contributed by atoms with Gasteiger partial charge < -0.3 is 5.73 Å². The lowest BCUT2D eigenvalue weighted by molar-refractivity contribution is 0.0459. The summed E-state index contributed by atoms with van der Waals surface area (Å²) in [5.74, 6) is -2.35. The van der Waals surface area contributed by atoms with Crippen molar-refractivity contribution in [1.82, 2.24) is 0 Å². The zero-order valence-electron chi connectivity index (χ0n) is 6.85. The number of alkyl halides is 2. The highest BCUT2D eigenvalue weighted by molar-refractivity contribution is 5.85. The molecule has 72 valence electrons. The van der Waals surface area contributed by atoms with Gasteiger partial charge in [0, 0.05) is 17.9 Å². The minimum Gasteiger partial charge on any atom is -0.328 e. The topological polar surface area (TPSA) is 26.0 Å². The smallest absolute Gasteiger partial charge is 0.254 e. The van der Waals surface area contributed by atoms with E-state index >= 15 is 0 Å². The van der Waals surface area contributed by atoms with E-state index < -0.39 is 11.3 Å². The van der Waals surface area contributed by atoms with Crippen LogP contribution in [-0.2, 0) is 0 Å². The Bertz CT molecular complexity index is 176. The second kappa shape index (κ2) is 2.81. The standard InChI is InChI=1S/C8H13F2N.ClH/c9-8(10)5-7(8)3-1-6(11)2-4-7;/h6H,1-5,11H2;1H. The summed E-state index contributed by atoms with van der Waals surface area (Å²) in [7, 11) is 0. The van der Waals surface area contributed by atoms with Crippen LogP contribution in [0.4, 0.5) is 8.78 Å². The van der Waals surface area contributed by atoms with Gasteiger partial charge in [-0.2, -0.15) is 0 Å². The lowest BCUT2D eigenvalue weighted by Gasteiger charge is -2.25. The first-order valence-corrected chi connectivity index (χ1v) is 4.19. The van der Waals surface area contributed by atoms with Crippen LogP contribution in [0.1, 0.15) is 32.1 Å². The summed E-state index contributed by atoms with van der Waals surface area (Å²) in [4.78, 5) is 0. The third-order valence-electron chi connectivity index (χ3n) is 3.20. The predicted molar refractivity (Wildman–Crippen MR) is 45.7 cm³/mol. The first-order valence-electron chi connectivity index (χ1n) is 4.19. The van der Waals surface area contributed by atoms with Gasteiger partial charge in [-0.25, -0.2) is 8.78 Å². The molecule has 2 saturated carbocycles. The van der Waals surface area contributed by atoms with Crippen molar-refractivity contribution in [2.24, 2.45) is 11.1 Å². The van der Waals surface area contributed by atoms with Crippen LogP contribution < -0.4 is 5.73 Å². The summed E-state index contributed by atoms with van der Waals surface area (Å²) in [5.41, 5.74) is 5.02. The van der Waals surface area contributed by atoms with Crippen molar-refractivity contribution in [1.29, 1.82) is 0 Å². The molecule has 12 heavy (non-hydrogen) atoms. The van der Waals surface area contributed by atoms with Crippen LogP contribution in [0, 0.1) is 5.41 Å². The van der Waals surface area contributed by atoms with E-state index in [0.29, 0.717) is 12.8 Å². The van der Waals surface area contributed by atoms with Crippen LogP contribution in [0.3, 0.4) is 0 Å². The van der Waals surface area contributed by atoms with E-state index in [1.165, 1.54) is 0 Å². The number of hydrogen-bond donors (Lipinski definition) is 1. The second-order valence-electron chi connectivity index (χ2n) is 4.00. The van der Waals surface area contributed by atoms with Gasteiger partial charge in [0.05, 0.1) is 0 Å². The Labute approximate surface area is 77.1 Å². The van der Waals surface area contributed by atoms with Gasteiger partial charge in [-0.1, -0.05) is 0 Å². The van der Waals surface area contributed by atoms with E-state index in [4.69, 9.17) is 5.73 Å². The molecule has 0 saturated heterocycles. The molecule has 2 aliphatic carbocycles. The molecular weight excluding hydrogens is 184 g/mol. The van der Waals surface area contributed by atoms with Crippen molar-refractivity contribution in [3.05, 3.63) is 0 Å². The molecule has 2 N–H and O–H groups in total. The Morgan fingerprint density at radius 3 is 1.92 bits per heavy atom. The number of nitrogens with two attached hydrogens (primary N) is 1. The lowest BCUT2D eigenvalue weighted by Crippen LogP contribution is -2.29. The first kappa shape index (κ1) is 10.2. The summed E-state index contributed by atoms with van der Waals surface area (Å²) in [6.45, 7) is 0. The van der Waals surface area contributed by atoms with Gasteiger partial charge in [0.25, 0.3) is 5.92 Å². The highest BCUT2D eigenvalue weighted by Crippen LogP contribution is 2.67. The molecule has 0 aliphatic heterocycles. The van der Waals surface area contributed by atoms with E-state index in [9.17, 15) is 8.78 Å². The molecule has 0 atom stereocenters. The van der Waals surface area contributed by atoms with Crippen molar-refractivity contribution in [2.75, 3.05) is 0 Å². The van der Waals surface area contributed by atoms with Gasteiger partial charge >= 0.3 is 0 Å². The zero-order valence-corrected chi connectivity index (χ0v) is 7.67. The van der Waals surface area contributed by atoms with Gasteiger partial charge in [0.15, 0.2) is 0 Å². The van der Waals surface area contributed by atoms with E-state index in [0.717, 1.165) is 12.8 Å². The van der Waals surface area contributed by atoms with Crippen LogP contribution in [0.5, 0.6) is 0 Å². The van der Waals surface area contributed by atoms with E-state index in [-0.39, 0.29) is 24.9 Å². The molecule has 0 radical (unpaired) electrons. The maximum atomic E-state index is 12.8. The molecule has 2 fully saturated rings. The molecule has 2 rings (SSSR count). The lowest BCUT2D eigenvalue weighted by atomic mass is 9.83. The maximum Gasteiger partial charge on any atom is 0.254 e. The fourth-order valence-electron chi connectivity index (χ4n) is 2.12. The Hall–Kier alpha value is 0.110. The summed E-state index contributed by atoms with van der Waals surface area (Å²) in [6.07, 6.45) is 2.97. The van der Waals surface area contributed by atoms with Gasteiger partial charge in [0.1, 0.15) is 0 Å². The molecule has 0 bridgehead atoms. The molecule has 0 heterocycles. The number of halogens is 3. The largest absolute Gasteiger partial charge is 0.328 e. The first-order chi connectivity index (χ1) is 5.06. The molecular formula is C8H14ClF2N. The van der Waals surface area contributed by atoms with Crippen molar-refractivity contribution < 1.29 is 8.78 Å². The Balaban J connectivity index is 0.000000720. The summed E-state index contributed by atoms with van der Waals surface area (Å²) in [5, 5.41) is 0. The third kappa shape index (κ3) is 1.33. The highest BCUT2D eigenvalue weighted by Gasteiger charge is 2.70. The molecule has 0 aromatic heterocycles. The average molecular weight is 198 g/mol. The SMILES string of the molecule is Cl.NC1CCC2(CC1)CC2(F)F. The van der Waals surface area contributed by atoms with Gasteiger partial charge in [0.2, 0.25) is 0 Å². The fraction of sp³-hybridized carbons (Fsp3) is 1.00. The minimum absolute atomic E-state index is 0. The molecule has 1 nitrogen and oxygen atoms in total. The van der Waals surface area contributed by atoms with Crippen LogP contribution in [0.25, 0.3) is 0 Å². The van der Waals surface area contributed by atoms with Crippen molar-refractivity contribution in [3.63, 3.8) is 0 Å². The predicted octanol–water partition coefficient (Wildman–Crippen LogP) is 2.33. The van der Waals surface area contributed by atoms with Gasteiger partial charge in [-0.15, -0.1) is 12.4 Å². The van der Waals surface area contributed by atoms with E-state index in [1.807, 2.05) is 0 Å². The summed E-state index contributed by atoms with van der Waals surface area (Å²) in [6, 6.07) is 0.178. The van der Waals surface area contributed by atoms with E-state index in [2.05, 4.69) is 0 Å². The van der Waals surface area contributed by atoms with Crippen molar-refractivity contribution in [2.45, 2.75) is 44.1 Å². The van der Waals surface area contributed by atoms with Gasteiger partial charge in [-0.05, 0) is 25.7 Å². The van der Waals surface area contributed by atoms with Gasteiger partial charge in [-0.3, -0.25) is 0 Å². The van der Waals surface area contributed by atoms with Crippen molar-refractivity contribution >= 4 is 12.4 Å². The average Bonchev–Trinajstić information content (AvgIpc) is 2.44. The third-order valence-corrected chi connectivity index (χ3v) is 3.20. The van der Waals surface area contributed by atoms with Crippen LogP contribution in [0.2, 0.25) is 0 Å². The number of rotatable bonds is 0. The molecule has 1 spiro atoms. The highest BCUT2D eigenvalue weighted by atomic mass is 35.5. The normalized spacial score (nSPS) is 43.8. The number of hydrogen-bond acceptors (Lipinski definition) is 1. The molecule has 0 aromatic carbocycles. The Kier molecular flexibility index (Phi) is 2.39. The molecule has 0 unspecified atom stereocenters. The molecule has 0 aromatic rings. The quantitative estimate of drug-likeness (QED) is 0.634. The van der Waals surface area contributed by atoms with Crippen LogP contribution in [0.15, 0.2) is 0 Å².